The lowest BCUT2D eigenvalue weighted by Gasteiger charge is -2.10. The minimum absolute atomic E-state index is 0.0607. The molecule has 32 heavy (non-hydrogen) atoms. The van der Waals surface area contributed by atoms with Crippen molar-refractivity contribution < 1.29 is 0 Å². The first-order chi connectivity index (χ1) is 15.5. The van der Waals surface area contributed by atoms with Crippen LogP contribution in [0.1, 0.15) is 22.3 Å². The summed E-state index contributed by atoms with van der Waals surface area (Å²) < 4.78 is 3.24. The molecule has 2 heterocycles. The number of hydrogen-bond acceptors (Lipinski definition) is 4. The molecule has 0 atom stereocenters. The van der Waals surface area contributed by atoms with Crippen LogP contribution in [-0.2, 0) is 13.1 Å². The Morgan fingerprint density at radius 3 is 1.59 bits per heavy atom. The molecule has 0 aliphatic rings. The molecule has 0 radical (unpaired) electrons. The second kappa shape index (κ2) is 7.89. The number of aromatic nitrogens is 4. The van der Waals surface area contributed by atoms with Crippen molar-refractivity contribution in [2.24, 2.45) is 0 Å². The Kier molecular flexibility index (Phi) is 4.90. The van der Waals surface area contributed by atoms with Gasteiger partial charge in [-0.1, -0.05) is 47.5 Å². The molecule has 0 unspecified atom stereocenters. The van der Waals surface area contributed by atoms with Crippen LogP contribution in [0.25, 0.3) is 21.8 Å². The quantitative estimate of drug-likeness (QED) is 0.442. The second-order valence-electron chi connectivity index (χ2n) is 8.22. The minimum Gasteiger partial charge on any atom is -0.294 e. The Morgan fingerprint density at radius 1 is 0.656 bits per heavy atom. The molecule has 0 saturated carbocycles. The molecule has 158 valence electrons. The maximum atomic E-state index is 12.9. The third kappa shape index (κ3) is 3.71. The number of nitrogens with zero attached hydrogens (tertiary/aromatic N) is 4. The Bertz CT molecular complexity index is 1480. The molecule has 0 bridgehead atoms. The van der Waals surface area contributed by atoms with E-state index in [1.807, 2.05) is 74.5 Å². The maximum Gasteiger partial charge on any atom is 0.261 e. The summed E-state index contributed by atoms with van der Waals surface area (Å²) in [6, 6.07) is 19.3. The van der Waals surface area contributed by atoms with E-state index < -0.39 is 0 Å². The van der Waals surface area contributed by atoms with Gasteiger partial charge in [-0.05, 0) is 49.2 Å². The molecule has 0 N–H and O–H groups in total. The number of benzene rings is 3. The van der Waals surface area contributed by atoms with Crippen molar-refractivity contribution in [3.8, 4) is 0 Å². The van der Waals surface area contributed by atoms with Crippen molar-refractivity contribution in [2.75, 3.05) is 0 Å². The first-order valence-electron chi connectivity index (χ1n) is 10.5. The summed E-state index contributed by atoms with van der Waals surface area (Å²) in [6.07, 6.45) is 3.18. The summed E-state index contributed by atoms with van der Waals surface area (Å²) in [7, 11) is 0. The largest absolute Gasteiger partial charge is 0.294 e. The minimum atomic E-state index is -0.0607. The molecule has 0 amide bonds. The molecule has 5 aromatic rings. The van der Waals surface area contributed by atoms with Crippen LogP contribution in [0.3, 0.4) is 0 Å². The summed E-state index contributed by atoms with van der Waals surface area (Å²) >= 11 is 0. The van der Waals surface area contributed by atoms with Crippen LogP contribution in [-0.4, -0.2) is 19.1 Å². The number of hydrogen-bond donors (Lipinski definition) is 0. The Morgan fingerprint density at radius 2 is 1.12 bits per heavy atom. The first-order valence-corrected chi connectivity index (χ1v) is 10.5. The van der Waals surface area contributed by atoms with E-state index >= 15 is 0 Å². The van der Waals surface area contributed by atoms with E-state index in [1.54, 1.807) is 21.8 Å². The summed E-state index contributed by atoms with van der Waals surface area (Å²) in [6.45, 7) is 4.75. The fourth-order valence-electron chi connectivity index (χ4n) is 3.99. The SMILES string of the molecule is Cc1ccc2ncn(Cc3cccc(Cn4cnc5ccc(C)cc5c4=O)c3)c(=O)c2c1. The maximum absolute atomic E-state index is 12.9. The Labute approximate surface area is 184 Å². The van der Waals surface area contributed by atoms with Gasteiger partial charge < -0.3 is 0 Å². The van der Waals surface area contributed by atoms with Crippen LogP contribution >= 0.6 is 0 Å². The molecule has 3 aromatic carbocycles. The molecule has 0 fully saturated rings. The molecule has 6 heteroatoms. The lowest BCUT2D eigenvalue weighted by Crippen LogP contribution is -2.22. The van der Waals surface area contributed by atoms with Gasteiger partial charge in [-0.25, -0.2) is 9.97 Å². The van der Waals surface area contributed by atoms with Gasteiger partial charge in [0.25, 0.3) is 11.1 Å². The lowest BCUT2D eigenvalue weighted by molar-refractivity contribution is 0.732. The average Bonchev–Trinajstić information content (AvgIpc) is 2.79. The topological polar surface area (TPSA) is 69.8 Å². The van der Waals surface area contributed by atoms with Crippen molar-refractivity contribution in [2.45, 2.75) is 26.9 Å². The van der Waals surface area contributed by atoms with Gasteiger partial charge in [0, 0.05) is 0 Å². The third-order valence-corrected chi connectivity index (χ3v) is 5.66. The smallest absolute Gasteiger partial charge is 0.261 e. The van der Waals surface area contributed by atoms with E-state index in [0.29, 0.717) is 34.9 Å². The van der Waals surface area contributed by atoms with Crippen LogP contribution in [0.15, 0.2) is 82.9 Å². The van der Waals surface area contributed by atoms with Crippen LogP contribution < -0.4 is 11.1 Å². The average molecular weight is 422 g/mol. The van der Waals surface area contributed by atoms with Gasteiger partial charge in [-0.3, -0.25) is 18.7 Å². The first kappa shape index (κ1) is 19.9. The molecular formula is C26H22N4O2. The van der Waals surface area contributed by atoms with Gasteiger partial charge in [-0.2, -0.15) is 0 Å². The van der Waals surface area contributed by atoms with Crippen molar-refractivity contribution in [1.29, 1.82) is 0 Å². The van der Waals surface area contributed by atoms with E-state index in [9.17, 15) is 9.59 Å². The van der Waals surface area contributed by atoms with E-state index in [4.69, 9.17) is 0 Å². The van der Waals surface area contributed by atoms with Crippen LogP contribution in [0, 0.1) is 13.8 Å². The summed E-state index contributed by atoms with van der Waals surface area (Å²) in [4.78, 5) is 34.7. The van der Waals surface area contributed by atoms with Gasteiger partial charge in [-0.15, -0.1) is 0 Å². The Hall–Kier alpha value is -4.06. The van der Waals surface area contributed by atoms with Gasteiger partial charge in [0.05, 0.1) is 47.6 Å². The summed E-state index contributed by atoms with van der Waals surface area (Å²) in [5.41, 5.74) is 5.27. The monoisotopic (exact) mass is 422 g/mol. The highest BCUT2D eigenvalue weighted by Crippen LogP contribution is 2.13. The van der Waals surface area contributed by atoms with Crippen molar-refractivity contribution >= 4 is 21.8 Å². The molecule has 5 rings (SSSR count). The standard InChI is InChI=1S/C26H22N4O2/c1-17-6-8-23-21(10-17)25(31)29(15-27-23)13-19-4-3-5-20(12-19)14-30-16-28-24-9-7-18(2)11-22(24)26(30)32/h3-12,15-16H,13-14H2,1-2H3. The summed E-state index contributed by atoms with van der Waals surface area (Å²) in [5, 5.41) is 1.24. The van der Waals surface area contributed by atoms with Crippen LogP contribution in [0.2, 0.25) is 0 Å². The number of aryl methyl sites for hydroxylation is 2. The molecule has 2 aromatic heterocycles. The third-order valence-electron chi connectivity index (χ3n) is 5.66. The predicted octanol–water partition coefficient (Wildman–Crippen LogP) is 3.82. The number of fused-ring (bicyclic) bond motifs is 2. The molecular weight excluding hydrogens is 400 g/mol. The van der Waals surface area contributed by atoms with Gasteiger partial charge in [0.2, 0.25) is 0 Å². The molecule has 0 saturated heterocycles. The summed E-state index contributed by atoms with van der Waals surface area (Å²) in [5.74, 6) is 0. The molecule has 0 spiro atoms. The molecule has 0 aliphatic heterocycles. The van der Waals surface area contributed by atoms with E-state index in [0.717, 1.165) is 22.3 Å². The van der Waals surface area contributed by atoms with Crippen LogP contribution in [0.4, 0.5) is 0 Å². The lowest BCUT2D eigenvalue weighted by atomic mass is 10.1. The number of rotatable bonds is 4. The predicted molar refractivity (Wildman–Crippen MR) is 126 cm³/mol. The zero-order valence-electron chi connectivity index (χ0n) is 17.9. The second-order valence-corrected chi connectivity index (χ2v) is 8.22. The van der Waals surface area contributed by atoms with Crippen molar-refractivity contribution in [3.05, 3.63) is 116 Å². The fraction of sp³-hybridized carbons (Fsp3) is 0.154. The molecule has 0 aliphatic carbocycles. The highest BCUT2D eigenvalue weighted by atomic mass is 16.1. The van der Waals surface area contributed by atoms with E-state index in [2.05, 4.69) is 9.97 Å². The van der Waals surface area contributed by atoms with E-state index in [1.165, 1.54) is 0 Å². The highest BCUT2D eigenvalue weighted by molar-refractivity contribution is 5.78. The van der Waals surface area contributed by atoms with Gasteiger partial charge in [0.15, 0.2) is 0 Å². The highest BCUT2D eigenvalue weighted by Gasteiger charge is 2.08. The van der Waals surface area contributed by atoms with Gasteiger partial charge in [0.1, 0.15) is 0 Å². The van der Waals surface area contributed by atoms with E-state index in [-0.39, 0.29) is 11.1 Å². The molecule has 6 nitrogen and oxygen atoms in total. The van der Waals surface area contributed by atoms with Crippen molar-refractivity contribution in [3.63, 3.8) is 0 Å². The van der Waals surface area contributed by atoms with Crippen molar-refractivity contribution in [1.82, 2.24) is 19.1 Å². The Balaban J connectivity index is 1.46. The van der Waals surface area contributed by atoms with Gasteiger partial charge >= 0.3 is 0 Å². The van der Waals surface area contributed by atoms with Crippen LogP contribution in [0.5, 0.6) is 0 Å². The fourth-order valence-corrected chi connectivity index (χ4v) is 3.99. The zero-order valence-corrected chi connectivity index (χ0v) is 17.9. The zero-order chi connectivity index (χ0) is 22.2. The normalized spacial score (nSPS) is 11.3.